The van der Waals surface area contributed by atoms with Crippen LogP contribution in [0, 0.1) is 6.92 Å². The Hall–Kier alpha value is -2.29. The third kappa shape index (κ3) is 3.62. The van der Waals surface area contributed by atoms with Crippen molar-refractivity contribution in [3.05, 3.63) is 53.1 Å². The van der Waals surface area contributed by atoms with Gasteiger partial charge in [0, 0.05) is 22.5 Å². The highest BCUT2D eigenvalue weighted by atomic mass is 32.2. The monoisotopic (exact) mass is 398 g/mol. The molecule has 0 radical (unpaired) electrons. The Kier molecular flexibility index (Phi) is 4.96. The zero-order chi connectivity index (χ0) is 17.9. The Bertz CT molecular complexity index is 1040. The van der Waals surface area contributed by atoms with Gasteiger partial charge in [0.2, 0.25) is 5.91 Å². The van der Waals surface area contributed by atoms with Crippen LogP contribution in [0.1, 0.15) is 5.56 Å². The van der Waals surface area contributed by atoms with Gasteiger partial charge in [-0.15, -0.1) is 22.7 Å². The second-order valence-electron chi connectivity index (χ2n) is 5.55. The van der Waals surface area contributed by atoms with Gasteiger partial charge in [0.05, 0.1) is 11.1 Å². The lowest BCUT2D eigenvalue weighted by Gasteiger charge is -2.06. The molecule has 0 spiro atoms. The third-order valence-electron chi connectivity index (χ3n) is 3.72. The molecular weight excluding hydrogens is 384 g/mol. The Morgan fingerprint density at radius 1 is 1.15 bits per heavy atom. The maximum atomic E-state index is 12.1. The second-order valence-corrected chi connectivity index (χ2v) is 8.27. The zero-order valence-corrected chi connectivity index (χ0v) is 16.3. The number of carbonyl (C=O) groups is 1. The molecule has 26 heavy (non-hydrogen) atoms. The van der Waals surface area contributed by atoms with Gasteiger partial charge in [-0.2, -0.15) is 0 Å². The number of benzene rings is 1. The predicted octanol–water partition coefficient (Wildman–Crippen LogP) is 4.85. The number of carbonyl (C=O) groups excluding carboxylic acids is 1. The molecule has 0 aliphatic carbocycles. The van der Waals surface area contributed by atoms with Crippen molar-refractivity contribution in [3.63, 3.8) is 0 Å². The minimum atomic E-state index is -0.0937. The minimum absolute atomic E-state index is 0.0937. The van der Waals surface area contributed by atoms with Crippen LogP contribution in [0.5, 0.6) is 0 Å². The summed E-state index contributed by atoms with van der Waals surface area (Å²) in [5.41, 5.74) is 3.46. The van der Waals surface area contributed by atoms with E-state index in [-0.39, 0.29) is 11.7 Å². The molecular formula is C18H14N4OS3. The van der Waals surface area contributed by atoms with Gasteiger partial charge >= 0.3 is 0 Å². The Balaban J connectivity index is 1.60. The van der Waals surface area contributed by atoms with Crippen LogP contribution in [0.3, 0.4) is 0 Å². The Labute approximate surface area is 162 Å². The molecule has 0 atom stereocenters. The van der Waals surface area contributed by atoms with Crippen molar-refractivity contribution in [3.8, 4) is 11.1 Å². The van der Waals surface area contributed by atoms with E-state index < -0.39 is 0 Å². The normalized spacial score (nSPS) is 11.0. The highest BCUT2D eigenvalue weighted by Gasteiger charge is 2.15. The van der Waals surface area contributed by atoms with Crippen molar-refractivity contribution >= 4 is 55.7 Å². The zero-order valence-electron chi connectivity index (χ0n) is 13.8. The largest absolute Gasteiger partial charge is 0.301 e. The first kappa shape index (κ1) is 17.1. The lowest BCUT2D eigenvalue weighted by atomic mass is 10.1. The minimum Gasteiger partial charge on any atom is -0.301 e. The molecule has 130 valence electrons. The van der Waals surface area contributed by atoms with Gasteiger partial charge in [-0.05, 0) is 12.5 Å². The number of hydrogen-bond donors (Lipinski definition) is 1. The fourth-order valence-corrected chi connectivity index (χ4v) is 4.82. The summed E-state index contributed by atoms with van der Waals surface area (Å²) < 4.78 is 0. The van der Waals surface area contributed by atoms with Crippen molar-refractivity contribution in [2.45, 2.75) is 11.9 Å². The van der Waals surface area contributed by atoms with E-state index >= 15 is 0 Å². The number of thioether (sulfide) groups is 1. The summed E-state index contributed by atoms with van der Waals surface area (Å²) in [7, 11) is 0. The van der Waals surface area contributed by atoms with Gasteiger partial charge in [-0.1, -0.05) is 41.6 Å². The highest BCUT2D eigenvalue weighted by Crippen LogP contribution is 2.37. The molecule has 3 aromatic heterocycles. The average Bonchev–Trinajstić information content (AvgIpc) is 3.30. The molecule has 0 unspecified atom stereocenters. The molecule has 0 saturated carbocycles. The number of nitrogens with zero attached hydrogens (tertiary/aromatic N) is 3. The molecule has 1 amide bonds. The van der Waals surface area contributed by atoms with Crippen molar-refractivity contribution in [2.75, 3.05) is 11.1 Å². The molecule has 0 aliphatic heterocycles. The lowest BCUT2D eigenvalue weighted by Crippen LogP contribution is -2.13. The summed E-state index contributed by atoms with van der Waals surface area (Å²) in [5, 5.41) is 9.16. The van der Waals surface area contributed by atoms with E-state index in [1.807, 2.05) is 5.38 Å². The maximum Gasteiger partial charge on any atom is 0.236 e. The maximum absolute atomic E-state index is 12.1. The number of rotatable bonds is 5. The molecule has 3 heterocycles. The van der Waals surface area contributed by atoms with E-state index in [0.717, 1.165) is 26.4 Å². The van der Waals surface area contributed by atoms with E-state index in [9.17, 15) is 4.79 Å². The summed E-state index contributed by atoms with van der Waals surface area (Å²) in [4.78, 5) is 25.9. The molecule has 0 aliphatic rings. The van der Waals surface area contributed by atoms with Crippen molar-refractivity contribution in [1.29, 1.82) is 0 Å². The molecule has 5 nitrogen and oxygen atoms in total. The topological polar surface area (TPSA) is 67.8 Å². The number of aromatic nitrogens is 3. The van der Waals surface area contributed by atoms with Gasteiger partial charge in [0.1, 0.15) is 16.2 Å². The van der Waals surface area contributed by atoms with Crippen LogP contribution in [0.2, 0.25) is 0 Å². The van der Waals surface area contributed by atoms with Crippen molar-refractivity contribution in [1.82, 2.24) is 15.0 Å². The summed E-state index contributed by atoms with van der Waals surface area (Å²) in [5.74, 6) is 0.179. The van der Waals surface area contributed by atoms with Gasteiger partial charge < -0.3 is 5.32 Å². The smallest absolute Gasteiger partial charge is 0.236 e. The van der Waals surface area contributed by atoms with Crippen LogP contribution >= 0.6 is 34.4 Å². The van der Waals surface area contributed by atoms with Gasteiger partial charge in [0.15, 0.2) is 5.13 Å². The SMILES string of the molecule is Cc1ccc(-c2csc3ncnc(SCC(=O)Nc4nccs4)c23)cc1. The number of thiazole rings is 1. The molecule has 0 fully saturated rings. The van der Waals surface area contributed by atoms with Gasteiger partial charge in [0.25, 0.3) is 0 Å². The van der Waals surface area contributed by atoms with Crippen LogP contribution in [0.15, 0.2) is 52.6 Å². The number of thiophene rings is 1. The van der Waals surface area contributed by atoms with Crippen LogP contribution < -0.4 is 5.32 Å². The molecule has 8 heteroatoms. The van der Waals surface area contributed by atoms with Gasteiger partial charge in [-0.3, -0.25) is 4.79 Å². The second kappa shape index (κ2) is 7.53. The standard InChI is InChI=1S/C18H14N4OS3/c1-11-2-4-12(5-3-11)13-8-25-16-15(13)17(21-10-20-16)26-9-14(23)22-18-19-6-7-24-18/h2-8,10H,9H2,1H3,(H,19,22,23). The summed E-state index contributed by atoms with van der Waals surface area (Å²) in [6.07, 6.45) is 3.22. The van der Waals surface area contributed by atoms with E-state index in [4.69, 9.17) is 0 Å². The molecule has 1 N–H and O–H groups in total. The quantitative estimate of drug-likeness (QED) is 0.384. The van der Waals surface area contributed by atoms with E-state index in [1.165, 1.54) is 28.7 Å². The third-order valence-corrected chi connectivity index (χ3v) is 6.28. The fraction of sp³-hybridized carbons (Fsp3) is 0.111. The lowest BCUT2D eigenvalue weighted by molar-refractivity contribution is -0.113. The predicted molar refractivity (Wildman–Crippen MR) is 109 cm³/mol. The number of anilines is 1. The van der Waals surface area contributed by atoms with Gasteiger partial charge in [-0.25, -0.2) is 15.0 Å². The molecule has 4 rings (SSSR count). The van der Waals surface area contributed by atoms with E-state index in [1.54, 1.807) is 23.9 Å². The summed E-state index contributed by atoms with van der Waals surface area (Å²) in [6.45, 7) is 2.07. The number of amides is 1. The van der Waals surface area contributed by atoms with E-state index in [0.29, 0.717) is 5.13 Å². The van der Waals surface area contributed by atoms with Crippen LogP contribution in [-0.4, -0.2) is 26.6 Å². The first-order chi connectivity index (χ1) is 12.7. The first-order valence-corrected chi connectivity index (χ1v) is 10.6. The van der Waals surface area contributed by atoms with Crippen molar-refractivity contribution < 1.29 is 4.79 Å². The van der Waals surface area contributed by atoms with Crippen molar-refractivity contribution in [2.24, 2.45) is 0 Å². The van der Waals surface area contributed by atoms with Crippen LogP contribution in [0.4, 0.5) is 5.13 Å². The number of hydrogen-bond acceptors (Lipinski definition) is 7. The Morgan fingerprint density at radius 2 is 2.00 bits per heavy atom. The molecule has 0 saturated heterocycles. The average molecular weight is 399 g/mol. The Morgan fingerprint density at radius 3 is 2.77 bits per heavy atom. The summed E-state index contributed by atoms with van der Waals surface area (Å²) >= 11 is 4.41. The molecule has 4 aromatic rings. The van der Waals surface area contributed by atoms with Crippen LogP contribution in [-0.2, 0) is 4.79 Å². The number of nitrogens with one attached hydrogen (secondary N) is 1. The highest BCUT2D eigenvalue weighted by molar-refractivity contribution is 8.00. The number of fused-ring (bicyclic) bond motifs is 1. The molecule has 1 aromatic carbocycles. The summed E-state index contributed by atoms with van der Waals surface area (Å²) in [6, 6.07) is 8.40. The number of aryl methyl sites for hydroxylation is 1. The van der Waals surface area contributed by atoms with Crippen LogP contribution in [0.25, 0.3) is 21.3 Å². The van der Waals surface area contributed by atoms with E-state index in [2.05, 4.69) is 56.8 Å². The molecule has 0 bridgehead atoms. The fourth-order valence-electron chi connectivity index (χ4n) is 2.48. The first-order valence-electron chi connectivity index (χ1n) is 7.82.